The quantitative estimate of drug-likeness (QED) is 0.0889. The van der Waals surface area contributed by atoms with Crippen molar-refractivity contribution in [3.63, 3.8) is 0 Å². The second kappa shape index (κ2) is 24.6. The smallest absolute Gasteiger partial charge is 0.282 e. The highest BCUT2D eigenvalue weighted by molar-refractivity contribution is 7.85. The van der Waals surface area contributed by atoms with E-state index in [1.54, 1.807) is 12.1 Å². The highest BCUT2D eigenvalue weighted by Gasteiger charge is 2.13. The highest BCUT2D eigenvalue weighted by atomic mass is 32.3. The summed E-state index contributed by atoms with van der Waals surface area (Å²) in [6.07, 6.45) is 23.8. The summed E-state index contributed by atoms with van der Waals surface area (Å²) in [6, 6.07) is 6.73. The molecule has 0 fully saturated rings. The van der Waals surface area contributed by atoms with Gasteiger partial charge in [0.2, 0.25) is 0 Å². The van der Waals surface area contributed by atoms with Crippen molar-refractivity contribution in [1.29, 1.82) is 0 Å². The third kappa shape index (κ3) is 25.9. The lowest BCUT2D eigenvalue weighted by Crippen LogP contribution is -2.04. The minimum atomic E-state index is -4.23. The molecule has 0 saturated carbocycles. The van der Waals surface area contributed by atoms with Gasteiger partial charge < -0.3 is 0 Å². The summed E-state index contributed by atoms with van der Waals surface area (Å²) in [7, 11) is -8.33. The Hall–Kier alpha value is -1.00. The molecule has 0 amide bonds. The lowest BCUT2D eigenvalue weighted by atomic mass is 10.0. The van der Waals surface area contributed by atoms with E-state index in [-0.39, 0.29) is 11.5 Å². The Morgan fingerprint density at radius 1 is 0.650 bits per heavy atom. The van der Waals surface area contributed by atoms with Crippen LogP contribution in [0.25, 0.3) is 0 Å². The molecule has 0 aliphatic rings. The maximum absolute atomic E-state index is 11.3. The number of benzene rings is 1. The van der Waals surface area contributed by atoms with Gasteiger partial charge in [-0.1, -0.05) is 148 Å². The zero-order valence-electron chi connectivity index (χ0n) is 25.5. The molecule has 0 aliphatic heterocycles. The van der Waals surface area contributed by atoms with E-state index in [1.807, 2.05) is 6.07 Å². The molecule has 0 spiro atoms. The number of aryl methyl sites for hydroxylation is 1. The molecule has 0 unspecified atom stereocenters. The molecule has 9 heteroatoms. The van der Waals surface area contributed by atoms with Gasteiger partial charge in [-0.15, -0.1) is 0 Å². The van der Waals surface area contributed by atoms with Crippen molar-refractivity contribution in [3.05, 3.63) is 29.8 Å². The van der Waals surface area contributed by atoms with Gasteiger partial charge in [-0.3, -0.25) is 9.11 Å². The summed E-state index contributed by atoms with van der Waals surface area (Å²) in [5, 5.41) is 0. The Balaban J connectivity index is 0.000000799. The van der Waals surface area contributed by atoms with E-state index in [4.69, 9.17) is 4.55 Å². The fourth-order valence-electron chi connectivity index (χ4n) is 4.64. The largest absolute Gasteiger partial charge is 0.397 e. The second-order valence-electron chi connectivity index (χ2n) is 11.3. The third-order valence-electron chi connectivity index (χ3n) is 6.96. The molecule has 0 radical (unpaired) electrons. The zero-order valence-corrected chi connectivity index (χ0v) is 27.1. The van der Waals surface area contributed by atoms with E-state index < -0.39 is 20.5 Å². The van der Waals surface area contributed by atoms with Crippen LogP contribution in [0.4, 0.5) is 0 Å². The van der Waals surface area contributed by atoms with Gasteiger partial charge in [0.05, 0.1) is 11.5 Å². The number of hydrogen-bond donors (Lipinski definition) is 2. The van der Waals surface area contributed by atoms with Gasteiger partial charge in [0.25, 0.3) is 10.1 Å². The minimum Gasteiger partial charge on any atom is -0.282 e. The summed E-state index contributed by atoms with van der Waals surface area (Å²) < 4.78 is 64.8. The Morgan fingerprint density at radius 2 is 1.10 bits per heavy atom. The van der Waals surface area contributed by atoms with Crippen LogP contribution >= 0.6 is 0 Å². The number of rotatable bonds is 24. The Labute approximate surface area is 246 Å². The molecule has 0 aromatic heterocycles. The molecule has 7 nitrogen and oxygen atoms in total. The molecule has 0 saturated heterocycles. The normalized spacial score (nSPS) is 11.9. The summed E-state index contributed by atoms with van der Waals surface area (Å²) in [5.41, 5.74) is 0.726. The highest BCUT2D eigenvalue weighted by Crippen LogP contribution is 2.19. The lowest BCUT2D eigenvalue weighted by Gasteiger charge is -2.07. The third-order valence-corrected chi connectivity index (χ3v) is 8.38. The topological polar surface area (TPSA) is 118 Å². The van der Waals surface area contributed by atoms with Gasteiger partial charge in [-0.05, 0) is 36.8 Å². The second-order valence-corrected chi connectivity index (χ2v) is 13.8. The Morgan fingerprint density at radius 3 is 1.57 bits per heavy atom. The first-order valence-corrected chi connectivity index (χ1v) is 18.4. The zero-order chi connectivity index (χ0) is 30.1. The van der Waals surface area contributed by atoms with Crippen LogP contribution in [0.3, 0.4) is 0 Å². The summed E-state index contributed by atoms with van der Waals surface area (Å²) in [4.78, 5) is 0.0603. The SMILES string of the molecule is CC(C)CCCCCCCCCCc1ccccc1S(=O)(=O)O.CCCCCCCCCCCCOS(=O)(=O)O. The van der Waals surface area contributed by atoms with E-state index in [0.29, 0.717) is 12.8 Å². The summed E-state index contributed by atoms with van der Waals surface area (Å²) in [6.45, 7) is 6.87. The number of unbranched alkanes of at least 4 members (excludes halogenated alkanes) is 16. The maximum atomic E-state index is 11.3. The summed E-state index contributed by atoms with van der Waals surface area (Å²) in [5.74, 6) is 0.820. The average molecular weight is 607 g/mol. The molecule has 1 rings (SSSR count). The first kappa shape index (κ1) is 39.0. The van der Waals surface area contributed by atoms with Crippen LogP contribution in [0, 0.1) is 5.92 Å². The standard InChI is InChI=1S/C19H32O3S.C12H26O4S/c1-17(2)13-9-7-5-3-4-6-8-10-14-18-15-11-12-16-19(18)23(20,21)22;1-2-3-4-5-6-7-8-9-10-11-12-16-17(13,14)15/h11-12,15-17H,3-10,13-14H2,1-2H3,(H,20,21,22);2-12H2,1H3,(H,13,14,15). The van der Waals surface area contributed by atoms with Crippen molar-refractivity contribution in [2.24, 2.45) is 5.92 Å². The summed E-state index contributed by atoms with van der Waals surface area (Å²) >= 11 is 0. The predicted molar refractivity (Wildman–Crippen MR) is 166 cm³/mol. The maximum Gasteiger partial charge on any atom is 0.397 e. The van der Waals surface area contributed by atoms with E-state index in [9.17, 15) is 21.4 Å². The van der Waals surface area contributed by atoms with E-state index in [1.165, 1.54) is 96.0 Å². The Bertz CT molecular complexity index is 929. The van der Waals surface area contributed by atoms with Gasteiger partial charge in [-0.2, -0.15) is 16.8 Å². The van der Waals surface area contributed by atoms with Crippen molar-refractivity contribution in [3.8, 4) is 0 Å². The van der Waals surface area contributed by atoms with E-state index in [0.717, 1.165) is 37.2 Å². The Kier molecular flexibility index (Phi) is 24.0. The van der Waals surface area contributed by atoms with E-state index in [2.05, 4.69) is 25.0 Å². The van der Waals surface area contributed by atoms with Crippen LogP contribution in [0.5, 0.6) is 0 Å². The minimum absolute atomic E-state index is 0.0603. The lowest BCUT2D eigenvalue weighted by molar-refractivity contribution is 0.261. The number of hydrogen-bond acceptors (Lipinski definition) is 5. The predicted octanol–water partition coefficient (Wildman–Crippen LogP) is 9.37. The van der Waals surface area contributed by atoms with Crippen molar-refractivity contribution in [2.45, 2.75) is 154 Å². The molecule has 2 N–H and O–H groups in total. The van der Waals surface area contributed by atoms with Crippen LogP contribution in [-0.4, -0.2) is 32.5 Å². The average Bonchev–Trinajstić information content (AvgIpc) is 2.87. The van der Waals surface area contributed by atoms with Crippen LogP contribution in [0.15, 0.2) is 29.2 Å². The first-order valence-electron chi connectivity index (χ1n) is 15.6. The van der Waals surface area contributed by atoms with Gasteiger partial charge in [0.1, 0.15) is 0 Å². The van der Waals surface area contributed by atoms with Crippen LogP contribution < -0.4 is 0 Å². The molecule has 40 heavy (non-hydrogen) atoms. The monoisotopic (exact) mass is 606 g/mol. The van der Waals surface area contributed by atoms with Crippen LogP contribution in [-0.2, 0) is 31.1 Å². The molecule has 1 aromatic carbocycles. The van der Waals surface area contributed by atoms with Crippen molar-refractivity contribution < 1.29 is 30.1 Å². The van der Waals surface area contributed by atoms with Crippen LogP contribution in [0.1, 0.15) is 148 Å². The van der Waals surface area contributed by atoms with Crippen molar-refractivity contribution >= 4 is 20.5 Å². The van der Waals surface area contributed by atoms with Gasteiger partial charge in [0.15, 0.2) is 0 Å². The van der Waals surface area contributed by atoms with E-state index >= 15 is 0 Å². The van der Waals surface area contributed by atoms with Crippen LogP contribution in [0.2, 0.25) is 0 Å². The van der Waals surface area contributed by atoms with Crippen molar-refractivity contribution in [1.82, 2.24) is 0 Å². The molecule has 0 aliphatic carbocycles. The van der Waals surface area contributed by atoms with Gasteiger partial charge in [-0.25, -0.2) is 4.18 Å². The van der Waals surface area contributed by atoms with Gasteiger partial charge >= 0.3 is 10.4 Å². The molecular formula is C31H58O7S2. The fraction of sp³-hybridized carbons (Fsp3) is 0.806. The fourth-order valence-corrected chi connectivity index (χ4v) is 5.72. The molecule has 0 heterocycles. The molecule has 1 aromatic rings. The van der Waals surface area contributed by atoms with Gasteiger partial charge in [0, 0.05) is 0 Å². The molecular weight excluding hydrogens is 548 g/mol. The molecule has 236 valence electrons. The molecule has 0 bridgehead atoms. The molecule has 0 atom stereocenters. The van der Waals surface area contributed by atoms with Crippen molar-refractivity contribution in [2.75, 3.05) is 6.61 Å². The first-order chi connectivity index (χ1) is 19.0.